The van der Waals surface area contributed by atoms with Gasteiger partial charge in [-0.25, -0.2) is 9.48 Å². The number of unbranched alkanes of at least 4 members (excludes halogenated alkanes) is 1. The van der Waals surface area contributed by atoms with E-state index in [0.29, 0.717) is 28.7 Å². The quantitative estimate of drug-likeness (QED) is 0.598. The van der Waals surface area contributed by atoms with Crippen molar-refractivity contribution in [2.24, 2.45) is 7.05 Å². The Morgan fingerprint density at radius 1 is 1.13 bits per heavy atom. The van der Waals surface area contributed by atoms with E-state index in [0.717, 1.165) is 18.5 Å². The molecule has 0 fully saturated rings. The zero-order valence-electron chi connectivity index (χ0n) is 17.6. The molecule has 1 aromatic carbocycles. The summed E-state index contributed by atoms with van der Waals surface area (Å²) in [5.74, 6) is -1.24. The number of aryl methyl sites for hydroxylation is 3. The molecule has 3 aromatic rings. The number of carbonyl (C=O) groups excluding carboxylic acids is 2. The maximum absolute atomic E-state index is 12.7. The lowest BCUT2D eigenvalue weighted by Crippen LogP contribution is -2.28. The smallest absolute Gasteiger partial charge is 0.359 e. The first-order valence-corrected chi connectivity index (χ1v) is 9.80. The second-order valence-corrected chi connectivity index (χ2v) is 7.07. The van der Waals surface area contributed by atoms with Crippen molar-refractivity contribution in [3.63, 3.8) is 0 Å². The maximum atomic E-state index is 12.7. The predicted octanol–water partition coefficient (Wildman–Crippen LogP) is 2.34. The standard InChI is InChI=1S/C21H25N5O4/c1-5-6-11-26-20(28)16-10-8-7-9-15(16)19(24-26)21(29)30-12-17(27)22-18-13(2)23-25(4)14(18)3/h7-10H,5-6,11-12H2,1-4H3,(H,22,27). The van der Waals surface area contributed by atoms with E-state index in [1.54, 1.807) is 42.9 Å². The summed E-state index contributed by atoms with van der Waals surface area (Å²) in [5, 5.41) is 12.0. The Bertz CT molecular complexity index is 1160. The van der Waals surface area contributed by atoms with E-state index in [-0.39, 0.29) is 11.3 Å². The number of benzene rings is 1. The van der Waals surface area contributed by atoms with E-state index in [1.165, 1.54) is 4.68 Å². The molecule has 0 unspecified atom stereocenters. The van der Waals surface area contributed by atoms with Crippen LogP contribution in [0.25, 0.3) is 10.8 Å². The molecular weight excluding hydrogens is 386 g/mol. The molecule has 0 saturated heterocycles. The summed E-state index contributed by atoms with van der Waals surface area (Å²) in [6, 6.07) is 6.75. The minimum absolute atomic E-state index is 0.0165. The second kappa shape index (κ2) is 8.89. The van der Waals surface area contributed by atoms with Gasteiger partial charge in [-0.15, -0.1) is 0 Å². The Labute approximate surface area is 173 Å². The van der Waals surface area contributed by atoms with Gasteiger partial charge in [-0.05, 0) is 26.3 Å². The van der Waals surface area contributed by atoms with E-state index < -0.39 is 18.5 Å². The summed E-state index contributed by atoms with van der Waals surface area (Å²) in [5.41, 5.74) is 1.82. The monoisotopic (exact) mass is 411 g/mol. The van der Waals surface area contributed by atoms with Crippen LogP contribution in [0.15, 0.2) is 29.1 Å². The van der Waals surface area contributed by atoms with E-state index in [1.807, 2.05) is 13.8 Å². The van der Waals surface area contributed by atoms with Gasteiger partial charge in [0, 0.05) is 19.0 Å². The summed E-state index contributed by atoms with van der Waals surface area (Å²) in [6.45, 7) is 5.55. The van der Waals surface area contributed by atoms with Crippen molar-refractivity contribution in [1.29, 1.82) is 0 Å². The number of carbonyl (C=O) groups is 2. The normalized spacial score (nSPS) is 10.9. The lowest BCUT2D eigenvalue weighted by Gasteiger charge is -2.11. The Hall–Kier alpha value is -3.49. The number of nitrogens with zero attached hydrogens (tertiary/aromatic N) is 4. The third-order valence-corrected chi connectivity index (χ3v) is 4.89. The lowest BCUT2D eigenvalue weighted by molar-refractivity contribution is -0.119. The van der Waals surface area contributed by atoms with E-state index in [9.17, 15) is 14.4 Å². The minimum Gasteiger partial charge on any atom is -0.451 e. The highest BCUT2D eigenvalue weighted by molar-refractivity contribution is 6.03. The fourth-order valence-electron chi connectivity index (χ4n) is 3.17. The zero-order chi connectivity index (χ0) is 21.8. The van der Waals surface area contributed by atoms with Crippen LogP contribution in [0.2, 0.25) is 0 Å². The van der Waals surface area contributed by atoms with Crippen LogP contribution in [0, 0.1) is 13.8 Å². The molecule has 9 heteroatoms. The Kier molecular flexibility index (Phi) is 6.29. The first kappa shape index (κ1) is 21.2. The molecule has 0 aliphatic rings. The van der Waals surface area contributed by atoms with Gasteiger partial charge in [0.15, 0.2) is 12.3 Å². The highest BCUT2D eigenvalue weighted by Gasteiger charge is 2.20. The fourth-order valence-corrected chi connectivity index (χ4v) is 3.17. The third kappa shape index (κ3) is 4.24. The lowest BCUT2D eigenvalue weighted by atomic mass is 10.1. The Morgan fingerprint density at radius 3 is 2.47 bits per heavy atom. The summed E-state index contributed by atoms with van der Waals surface area (Å²) in [4.78, 5) is 37.6. The molecule has 2 aromatic heterocycles. The number of amides is 1. The van der Waals surface area contributed by atoms with E-state index in [4.69, 9.17) is 4.74 Å². The number of ether oxygens (including phenoxy) is 1. The summed E-state index contributed by atoms with van der Waals surface area (Å²) < 4.78 is 8.14. The van der Waals surface area contributed by atoms with Gasteiger partial charge in [0.1, 0.15) is 0 Å². The van der Waals surface area contributed by atoms with Gasteiger partial charge >= 0.3 is 5.97 Å². The highest BCUT2D eigenvalue weighted by Crippen LogP contribution is 2.18. The van der Waals surface area contributed by atoms with Crippen LogP contribution < -0.4 is 10.9 Å². The highest BCUT2D eigenvalue weighted by atomic mass is 16.5. The van der Waals surface area contributed by atoms with Crippen molar-refractivity contribution in [2.75, 3.05) is 11.9 Å². The average Bonchev–Trinajstić information content (AvgIpc) is 2.97. The summed E-state index contributed by atoms with van der Waals surface area (Å²) >= 11 is 0. The van der Waals surface area contributed by atoms with Gasteiger partial charge < -0.3 is 10.1 Å². The van der Waals surface area contributed by atoms with Crippen molar-refractivity contribution >= 4 is 28.3 Å². The molecule has 30 heavy (non-hydrogen) atoms. The second-order valence-electron chi connectivity index (χ2n) is 7.07. The molecule has 3 rings (SSSR count). The molecule has 0 saturated carbocycles. The number of nitrogens with one attached hydrogen (secondary N) is 1. The van der Waals surface area contributed by atoms with E-state index >= 15 is 0 Å². The molecule has 0 spiro atoms. The Balaban J connectivity index is 1.80. The van der Waals surface area contributed by atoms with Crippen molar-refractivity contribution < 1.29 is 14.3 Å². The number of fused-ring (bicyclic) bond motifs is 1. The molecule has 0 aliphatic heterocycles. The number of hydrogen-bond donors (Lipinski definition) is 1. The van der Waals surface area contributed by atoms with Crippen molar-refractivity contribution in [2.45, 2.75) is 40.2 Å². The zero-order valence-corrected chi connectivity index (χ0v) is 17.6. The van der Waals surface area contributed by atoms with Gasteiger partial charge in [-0.3, -0.25) is 14.3 Å². The van der Waals surface area contributed by atoms with Crippen LogP contribution in [-0.4, -0.2) is 38.0 Å². The number of hydrogen-bond acceptors (Lipinski definition) is 6. The predicted molar refractivity (Wildman–Crippen MR) is 113 cm³/mol. The summed E-state index contributed by atoms with van der Waals surface area (Å²) in [7, 11) is 1.78. The molecule has 1 N–H and O–H groups in total. The van der Waals surface area contributed by atoms with E-state index in [2.05, 4.69) is 15.5 Å². The molecule has 0 radical (unpaired) electrons. The number of aromatic nitrogens is 4. The largest absolute Gasteiger partial charge is 0.451 e. The van der Waals surface area contributed by atoms with Gasteiger partial charge in [0.2, 0.25) is 0 Å². The molecule has 0 bridgehead atoms. The van der Waals surface area contributed by atoms with Crippen LogP contribution in [0.5, 0.6) is 0 Å². The van der Waals surface area contributed by atoms with Crippen LogP contribution in [0.1, 0.15) is 41.6 Å². The first-order valence-electron chi connectivity index (χ1n) is 9.80. The van der Waals surface area contributed by atoms with Crippen LogP contribution >= 0.6 is 0 Å². The van der Waals surface area contributed by atoms with Crippen molar-refractivity contribution in [1.82, 2.24) is 19.6 Å². The number of esters is 1. The third-order valence-electron chi connectivity index (χ3n) is 4.89. The van der Waals surface area contributed by atoms with Crippen molar-refractivity contribution in [3.8, 4) is 0 Å². The van der Waals surface area contributed by atoms with Gasteiger partial charge in [0.25, 0.3) is 11.5 Å². The fraction of sp³-hybridized carbons (Fsp3) is 0.381. The topological polar surface area (TPSA) is 108 Å². The maximum Gasteiger partial charge on any atom is 0.359 e. The summed E-state index contributed by atoms with van der Waals surface area (Å²) in [6.07, 6.45) is 1.64. The van der Waals surface area contributed by atoms with Crippen LogP contribution in [0.4, 0.5) is 5.69 Å². The molecule has 0 atom stereocenters. The van der Waals surface area contributed by atoms with Crippen molar-refractivity contribution in [3.05, 3.63) is 51.7 Å². The first-order chi connectivity index (χ1) is 14.3. The molecule has 9 nitrogen and oxygen atoms in total. The number of rotatable bonds is 7. The Morgan fingerprint density at radius 2 is 1.83 bits per heavy atom. The molecule has 0 aliphatic carbocycles. The van der Waals surface area contributed by atoms with Gasteiger partial charge in [-0.1, -0.05) is 31.5 Å². The van der Waals surface area contributed by atoms with Crippen LogP contribution in [-0.2, 0) is 23.1 Å². The van der Waals surface area contributed by atoms with Crippen LogP contribution in [0.3, 0.4) is 0 Å². The molecule has 158 valence electrons. The molecular formula is C21H25N5O4. The van der Waals surface area contributed by atoms with Gasteiger partial charge in [-0.2, -0.15) is 10.2 Å². The number of anilines is 1. The molecule has 1 amide bonds. The average molecular weight is 411 g/mol. The minimum atomic E-state index is -0.758. The van der Waals surface area contributed by atoms with Gasteiger partial charge in [0.05, 0.1) is 22.5 Å². The SMILES string of the molecule is CCCCn1nc(C(=O)OCC(=O)Nc2c(C)nn(C)c2C)c2ccccc2c1=O. The molecule has 2 heterocycles.